The quantitative estimate of drug-likeness (QED) is 0.893. The fourth-order valence-corrected chi connectivity index (χ4v) is 2.23. The summed E-state index contributed by atoms with van der Waals surface area (Å²) in [5.41, 5.74) is 3.09. The third-order valence-corrected chi connectivity index (χ3v) is 3.43. The van der Waals surface area contributed by atoms with E-state index in [1.807, 2.05) is 25.1 Å². The first kappa shape index (κ1) is 13.9. The molecule has 0 saturated carbocycles. The molecule has 0 atom stereocenters. The second-order valence-corrected chi connectivity index (χ2v) is 5.16. The van der Waals surface area contributed by atoms with Crippen LogP contribution in [-0.2, 0) is 6.54 Å². The van der Waals surface area contributed by atoms with Crippen molar-refractivity contribution in [3.8, 4) is 5.75 Å². The maximum Gasteiger partial charge on any atom is 0.141 e. The summed E-state index contributed by atoms with van der Waals surface area (Å²) in [6, 6.07) is 10.9. The van der Waals surface area contributed by atoms with E-state index < -0.39 is 0 Å². The number of halogens is 2. The van der Waals surface area contributed by atoms with Crippen LogP contribution in [0.25, 0.3) is 0 Å². The van der Waals surface area contributed by atoms with E-state index in [0.717, 1.165) is 22.6 Å². The predicted octanol–water partition coefficient (Wildman–Crippen LogP) is 4.52. The average molecular weight is 324 g/mol. The van der Waals surface area contributed by atoms with E-state index in [-0.39, 0.29) is 5.82 Å². The molecule has 0 heterocycles. The highest BCUT2D eigenvalue weighted by atomic mass is 79.9. The first-order chi connectivity index (χ1) is 9.10. The lowest BCUT2D eigenvalue weighted by Crippen LogP contribution is -2.02. The maximum atomic E-state index is 13.1. The summed E-state index contributed by atoms with van der Waals surface area (Å²) in [7, 11) is 1.64. The van der Waals surface area contributed by atoms with E-state index in [0.29, 0.717) is 11.0 Å². The van der Waals surface area contributed by atoms with Gasteiger partial charge in [0.05, 0.1) is 17.3 Å². The zero-order chi connectivity index (χ0) is 13.8. The number of anilines is 1. The Morgan fingerprint density at radius 1 is 1.21 bits per heavy atom. The van der Waals surface area contributed by atoms with E-state index in [4.69, 9.17) is 4.74 Å². The SMILES string of the molecule is COc1ccc(C)cc1NCc1ccc(F)c(Br)c1. The number of aryl methyl sites for hydroxylation is 1. The van der Waals surface area contributed by atoms with Gasteiger partial charge in [0, 0.05) is 6.54 Å². The van der Waals surface area contributed by atoms with Crippen LogP contribution in [0.15, 0.2) is 40.9 Å². The third kappa shape index (κ3) is 3.47. The van der Waals surface area contributed by atoms with Gasteiger partial charge in [0.25, 0.3) is 0 Å². The van der Waals surface area contributed by atoms with Gasteiger partial charge >= 0.3 is 0 Å². The van der Waals surface area contributed by atoms with Crippen molar-refractivity contribution in [3.05, 3.63) is 57.8 Å². The highest BCUT2D eigenvalue weighted by Gasteiger charge is 2.04. The lowest BCUT2D eigenvalue weighted by molar-refractivity contribution is 0.416. The lowest BCUT2D eigenvalue weighted by atomic mass is 10.2. The average Bonchev–Trinajstić information content (AvgIpc) is 2.40. The molecule has 2 nitrogen and oxygen atoms in total. The Hall–Kier alpha value is -1.55. The van der Waals surface area contributed by atoms with Gasteiger partial charge in [-0.25, -0.2) is 4.39 Å². The minimum atomic E-state index is -0.253. The van der Waals surface area contributed by atoms with E-state index in [1.165, 1.54) is 6.07 Å². The van der Waals surface area contributed by atoms with Crippen molar-refractivity contribution in [3.63, 3.8) is 0 Å². The molecular formula is C15H15BrFNO. The summed E-state index contributed by atoms with van der Waals surface area (Å²) in [6.45, 7) is 2.64. The van der Waals surface area contributed by atoms with Crippen molar-refractivity contribution in [1.29, 1.82) is 0 Å². The first-order valence-electron chi connectivity index (χ1n) is 5.92. The highest BCUT2D eigenvalue weighted by molar-refractivity contribution is 9.10. The van der Waals surface area contributed by atoms with E-state index in [9.17, 15) is 4.39 Å². The number of ether oxygens (including phenoxy) is 1. The summed E-state index contributed by atoms with van der Waals surface area (Å²) in [5.74, 6) is 0.545. The molecule has 2 aromatic rings. The smallest absolute Gasteiger partial charge is 0.141 e. The number of methoxy groups -OCH3 is 1. The van der Waals surface area contributed by atoms with Gasteiger partial charge in [-0.3, -0.25) is 0 Å². The van der Waals surface area contributed by atoms with Crippen molar-refractivity contribution in [1.82, 2.24) is 0 Å². The van der Waals surface area contributed by atoms with Crippen molar-refractivity contribution < 1.29 is 9.13 Å². The van der Waals surface area contributed by atoms with E-state index >= 15 is 0 Å². The molecule has 4 heteroatoms. The van der Waals surface area contributed by atoms with Crippen molar-refractivity contribution in [2.24, 2.45) is 0 Å². The largest absolute Gasteiger partial charge is 0.495 e. The fourth-order valence-electron chi connectivity index (χ4n) is 1.81. The molecule has 100 valence electrons. The van der Waals surface area contributed by atoms with Crippen LogP contribution in [0.5, 0.6) is 5.75 Å². The zero-order valence-corrected chi connectivity index (χ0v) is 12.4. The lowest BCUT2D eigenvalue weighted by Gasteiger charge is -2.12. The van der Waals surface area contributed by atoms with E-state index in [2.05, 4.69) is 21.2 Å². The summed E-state index contributed by atoms with van der Waals surface area (Å²) in [6.07, 6.45) is 0. The molecule has 1 N–H and O–H groups in total. The molecule has 2 aromatic carbocycles. The molecule has 0 radical (unpaired) electrons. The Labute approximate surface area is 120 Å². The van der Waals surface area contributed by atoms with Gasteiger partial charge in [-0.2, -0.15) is 0 Å². The molecule has 0 aromatic heterocycles. The molecule has 0 amide bonds. The van der Waals surface area contributed by atoms with Gasteiger partial charge in [0.2, 0.25) is 0 Å². The molecule has 0 aliphatic carbocycles. The predicted molar refractivity (Wildman–Crippen MR) is 79.2 cm³/mol. The van der Waals surface area contributed by atoms with Crippen molar-refractivity contribution in [2.45, 2.75) is 13.5 Å². The Morgan fingerprint density at radius 3 is 2.68 bits per heavy atom. The Morgan fingerprint density at radius 2 is 2.00 bits per heavy atom. The summed E-state index contributed by atoms with van der Waals surface area (Å²) in [4.78, 5) is 0. The summed E-state index contributed by atoms with van der Waals surface area (Å²) in [5, 5.41) is 3.30. The second kappa shape index (κ2) is 6.06. The van der Waals surface area contributed by atoms with Crippen LogP contribution in [0.4, 0.5) is 10.1 Å². The van der Waals surface area contributed by atoms with Gasteiger partial charge in [-0.15, -0.1) is 0 Å². The molecule has 0 aliphatic heterocycles. The van der Waals surface area contributed by atoms with Crippen LogP contribution in [0.1, 0.15) is 11.1 Å². The van der Waals surface area contributed by atoms with Gasteiger partial charge < -0.3 is 10.1 Å². The van der Waals surface area contributed by atoms with Crippen molar-refractivity contribution >= 4 is 21.6 Å². The Balaban J connectivity index is 2.13. The standard InChI is InChI=1S/C15H15BrFNO/c1-10-3-6-15(19-2)14(7-10)18-9-11-4-5-13(17)12(16)8-11/h3-8,18H,9H2,1-2H3. The zero-order valence-electron chi connectivity index (χ0n) is 10.8. The fraction of sp³-hybridized carbons (Fsp3) is 0.200. The Bertz CT molecular complexity index is 586. The molecule has 0 fully saturated rings. The van der Waals surface area contributed by atoms with Gasteiger partial charge in [-0.1, -0.05) is 12.1 Å². The van der Waals surface area contributed by atoms with Crippen LogP contribution < -0.4 is 10.1 Å². The highest BCUT2D eigenvalue weighted by Crippen LogP contribution is 2.26. The van der Waals surface area contributed by atoms with Crippen LogP contribution >= 0.6 is 15.9 Å². The number of hydrogen-bond donors (Lipinski definition) is 1. The summed E-state index contributed by atoms with van der Waals surface area (Å²) >= 11 is 3.18. The Kier molecular flexibility index (Phi) is 4.43. The number of nitrogens with one attached hydrogen (secondary N) is 1. The van der Waals surface area contributed by atoms with E-state index in [1.54, 1.807) is 19.2 Å². The van der Waals surface area contributed by atoms with Crippen molar-refractivity contribution in [2.75, 3.05) is 12.4 Å². The second-order valence-electron chi connectivity index (χ2n) is 4.31. The minimum absolute atomic E-state index is 0.253. The molecule has 0 saturated heterocycles. The van der Waals surface area contributed by atoms with Crippen LogP contribution in [0.3, 0.4) is 0 Å². The topological polar surface area (TPSA) is 21.3 Å². The normalized spacial score (nSPS) is 10.3. The third-order valence-electron chi connectivity index (χ3n) is 2.82. The first-order valence-corrected chi connectivity index (χ1v) is 6.72. The van der Waals surface area contributed by atoms with Crippen LogP contribution in [0.2, 0.25) is 0 Å². The van der Waals surface area contributed by atoms with Crippen LogP contribution in [-0.4, -0.2) is 7.11 Å². The monoisotopic (exact) mass is 323 g/mol. The number of rotatable bonds is 4. The van der Waals surface area contributed by atoms with Gasteiger partial charge in [-0.05, 0) is 58.2 Å². The molecule has 0 aliphatic rings. The number of hydrogen-bond acceptors (Lipinski definition) is 2. The molecule has 0 bridgehead atoms. The number of benzene rings is 2. The van der Waals surface area contributed by atoms with Gasteiger partial charge in [0.15, 0.2) is 0 Å². The molecule has 0 spiro atoms. The molecule has 2 rings (SSSR count). The molecule has 19 heavy (non-hydrogen) atoms. The maximum absolute atomic E-state index is 13.1. The van der Waals surface area contributed by atoms with Gasteiger partial charge in [0.1, 0.15) is 11.6 Å². The minimum Gasteiger partial charge on any atom is -0.495 e. The van der Waals surface area contributed by atoms with Crippen LogP contribution in [0, 0.1) is 12.7 Å². The summed E-state index contributed by atoms with van der Waals surface area (Å²) < 4.78 is 18.9. The molecular weight excluding hydrogens is 309 g/mol. The molecule has 0 unspecified atom stereocenters.